The predicted octanol–water partition coefficient (Wildman–Crippen LogP) is 7.91. The summed E-state index contributed by atoms with van der Waals surface area (Å²) in [5.74, 6) is -0.902. The molecule has 0 aromatic heterocycles. The monoisotopic (exact) mass is 486 g/mol. The van der Waals surface area contributed by atoms with E-state index < -0.39 is 24.3 Å². The van der Waals surface area contributed by atoms with Gasteiger partial charge in [-0.1, -0.05) is 42.5 Å². The minimum atomic E-state index is -4.55. The average molecular weight is 486 g/mol. The zero-order chi connectivity index (χ0) is 25.0. The fraction of sp³-hybridized carbons (Fsp3) is 0.214. The Bertz CT molecular complexity index is 1310. The summed E-state index contributed by atoms with van der Waals surface area (Å²) < 4.78 is 76.0. The van der Waals surface area contributed by atoms with Crippen molar-refractivity contribution in [2.45, 2.75) is 25.9 Å². The first-order valence-corrected chi connectivity index (χ1v) is 11.2. The van der Waals surface area contributed by atoms with Gasteiger partial charge >= 0.3 is 6.18 Å². The first-order valence-electron chi connectivity index (χ1n) is 11.2. The zero-order valence-electron chi connectivity index (χ0n) is 19.0. The molecule has 0 aliphatic heterocycles. The van der Waals surface area contributed by atoms with Crippen molar-refractivity contribution >= 4 is 10.8 Å². The third-order valence-corrected chi connectivity index (χ3v) is 5.60. The van der Waals surface area contributed by atoms with Gasteiger partial charge in [0.05, 0.1) is 6.61 Å². The summed E-state index contributed by atoms with van der Waals surface area (Å²) in [7, 11) is 0. The zero-order valence-corrected chi connectivity index (χ0v) is 19.0. The van der Waals surface area contributed by atoms with Crippen LogP contribution in [0.4, 0.5) is 22.0 Å². The molecule has 4 aromatic rings. The van der Waals surface area contributed by atoms with Gasteiger partial charge in [-0.05, 0) is 77.7 Å². The van der Waals surface area contributed by atoms with Gasteiger partial charge in [-0.2, -0.15) is 13.2 Å². The third kappa shape index (κ3) is 6.10. The minimum absolute atomic E-state index is 0.310. The van der Waals surface area contributed by atoms with Gasteiger partial charge in [-0.25, -0.2) is 8.78 Å². The Morgan fingerprint density at radius 3 is 2.17 bits per heavy atom. The molecule has 0 saturated carbocycles. The Hall–Kier alpha value is -3.61. The van der Waals surface area contributed by atoms with Crippen LogP contribution in [-0.4, -0.2) is 19.4 Å². The Morgan fingerprint density at radius 2 is 1.49 bits per heavy atom. The molecule has 7 heteroatoms. The topological polar surface area (TPSA) is 18.5 Å². The number of ether oxygens (including phenoxy) is 2. The van der Waals surface area contributed by atoms with Gasteiger partial charge in [0, 0.05) is 5.39 Å². The quantitative estimate of drug-likeness (QED) is 0.236. The Kier molecular flexibility index (Phi) is 7.24. The molecule has 0 fully saturated rings. The number of fused-ring (bicyclic) bond motifs is 1. The molecule has 2 nitrogen and oxygen atoms in total. The van der Waals surface area contributed by atoms with Crippen molar-refractivity contribution in [1.29, 1.82) is 0 Å². The van der Waals surface area contributed by atoms with Crippen molar-refractivity contribution in [2.75, 3.05) is 13.2 Å². The van der Waals surface area contributed by atoms with E-state index in [0.29, 0.717) is 36.0 Å². The largest absolute Gasteiger partial charge is 0.494 e. The number of aryl methyl sites for hydroxylation is 2. The minimum Gasteiger partial charge on any atom is -0.494 e. The summed E-state index contributed by atoms with van der Waals surface area (Å²) in [6.45, 7) is 0.950. The van der Waals surface area contributed by atoms with Crippen molar-refractivity contribution < 1.29 is 31.4 Å². The lowest BCUT2D eigenvalue weighted by Gasteiger charge is -2.11. The molecule has 0 saturated heterocycles. The second-order valence-corrected chi connectivity index (χ2v) is 8.10. The Morgan fingerprint density at radius 1 is 0.743 bits per heavy atom. The maximum Gasteiger partial charge on any atom is 0.422 e. The predicted molar refractivity (Wildman–Crippen MR) is 126 cm³/mol. The van der Waals surface area contributed by atoms with Gasteiger partial charge in [-0.15, -0.1) is 0 Å². The maximum absolute atomic E-state index is 15.2. The molecular formula is C28H23F5O2. The molecule has 0 heterocycles. The van der Waals surface area contributed by atoms with Gasteiger partial charge in [0.1, 0.15) is 11.6 Å². The van der Waals surface area contributed by atoms with Crippen molar-refractivity contribution in [2.24, 2.45) is 0 Å². The van der Waals surface area contributed by atoms with Crippen LogP contribution in [0.25, 0.3) is 21.9 Å². The molecule has 0 bridgehead atoms. The van der Waals surface area contributed by atoms with Crippen LogP contribution in [0, 0.1) is 11.6 Å². The smallest absolute Gasteiger partial charge is 0.422 e. The van der Waals surface area contributed by atoms with Gasteiger partial charge in [0.2, 0.25) is 0 Å². The van der Waals surface area contributed by atoms with Crippen LogP contribution >= 0.6 is 0 Å². The Balaban J connectivity index is 1.47. The number of hydrogen-bond acceptors (Lipinski definition) is 2. The summed E-state index contributed by atoms with van der Waals surface area (Å²) in [5.41, 5.74) is 2.96. The van der Waals surface area contributed by atoms with E-state index in [9.17, 15) is 17.6 Å². The van der Waals surface area contributed by atoms with Crippen LogP contribution in [0.15, 0.2) is 72.8 Å². The van der Waals surface area contributed by atoms with Crippen LogP contribution in [0.1, 0.15) is 18.1 Å². The number of halogens is 5. The van der Waals surface area contributed by atoms with Crippen molar-refractivity contribution in [3.8, 4) is 22.6 Å². The molecule has 0 aliphatic rings. The van der Waals surface area contributed by atoms with Crippen molar-refractivity contribution in [3.05, 3.63) is 95.6 Å². The number of rotatable bonds is 8. The summed E-state index contributed by atoms with van der Waals surface area (Å²) in [4.78, 5) is 0. The van der Waals surface area contributed by atoms with Gasteiger partial charge < -0.3 is 9.47 Å². The molecule has 0 atom stereocenters. The average Bonchev–Trinajstić information content (AvgIpc) is 2.83. The second kappa shape index (κ2) is 10.3. The SMILES string of the molecule is CCOc1ccc(-c2ccc3c(F)c(CCc4ccc(OCC(F)(F)F)c(F)c4)ccc3c2)cc1. The summed E-state index contributed by atoms with van der Waals surface area (Å²) >= 11 is 0. The van der Waals surface area contributed by atoms with E-state index in [4.69, 9.17) is 4.74 Å². The number of hydrogen-bond donors (Lipinski definition) is 0. The van der Waals surface area contributed by atoms with E-state index in [-0.39, 0.29) is 5.82 Å². The van der Waals surface area contributed by atoms with E-state index in [1.54, 1.807) is 12.1 Å². The van der Waals surface area contributed by atoms with E-state index in [1.165, 1.54) is 6.07 Å². The van der Waals surface area contributed by atoms with Crippen LogP contribution < -0.4 is 9.47 Å². The second-order valence-electron chi connectivity index (χ2n) is 8.10. The van der Waals surface area contributed by atoms with E-state index in [0.717, 1.165) is 34.4 Å². The summed E-state index contributed by atoms with van der Waals surface area (Å²) in [6.07, 6.45) is -3.92. The highest BCUT2D eigenvalue weighted by Gasteiger charge is 2.29. The standard InChI is InChI=1S/C28H23F5O2/c1-2-34-23-11-8-19(9-12-23)21-10-13-24-22(16-21)7-6-20(27(24)30)5-3-18-4-14-26(25(29)15-18)35-17-28(31,32)33/h4,6-16H,2-3,5,17H2,1H3. The lowest BCUT2D eigenvalue weighted by molar-refractivity contribution is -0.153. The van der Waals surface area contributed by atoms with E-state index in [2.05, 4.69) is 4.74 Å². The van der Waals surface area contributed by atoms with Crippen LogP contribution in [0.3, 0.4) is 0 Å². The van der Waals surface area contributed by atoms with Gasteiger partial charge in [0.15, 0.2) is 18.2 Å². The number of benzene rings is 4. The third-order valence-electron chi connectivity index (χ3n) is 5.60. The first kappa shape index (κ1) is 24.5. The molecule has 0 spiro atoms. The van der Waals surface area contributed by atoms with Crippen LogP contribution in [0.5, 0.6) is 11.5 Å². The molecule has 0 aliphatic carbocycles. The molecule has 4 rings (SSSR count). The summed E-state index contributed by atoms with van der Waals surface area (Å²) in [5, 5.41) is 1.24. The van der Waals surface area contributed by atoms with Crippen LogP contribution in [-0.2, 0) is 12.8 Å². The lowest BCUT2D eigenvalue weighted by atomic mass is 9.97. The molecule has 0 unspecified atom stereocenters. The fourth-order valence-corrected chi connectivity index (χ4v) is 3.88. The Labute approximate surface area is 199 Å². The van der Waals surface area contributed by atoms with Gasteiger partial charge in [-0.3, -0.25) is 0 Å². The van der Waals surface area contributed by atoms with Crippen molar-refractivity contribution in [3.63, 3.8) is 0 Å². The highest BCUT2D eigenvalue weighted by atomic mass is 19.4. The van der Waals surface area contributed by atoms with Crippen molar-refractivity contribution in [1.82, 2.24) is 0 Å². The molecule has 4 aromatic carbocycles. The number of alkyl halides is 3. The first-order chi connectivity index (χ1) is 16.7. The molecule has 182 valence electrons. The molecule has 0 N–H and O–H groups in total. The van der Waals surface area contributed by atoms with E-state index >= 15 is 4.39 Å². The molecule has 0 amide bonds. The highest BCUT2D eigenvalue weighted by molar-refractivity contribution is 5.88. The maximum atomic E-state index is 15.2. The normalized spacial score (nSPS) is 11.6. The molecule has 35 heavy (non-hydrogen) atoms. The van der Waals surface area contributed by atoms with Crippen LogP contribution in [0.2, 0.25) is 0 Å². The highest BCUT2D eigenvalue weighted by Crippen LogP contribution is 2.29. The lowest BCUT2D eigenvalue weighted by Crippen LogP contribution is -2.19. The van der Waals surface area contributed by atoms with Gasteiger partial charge in [0.25, 0.3) is 0 Å². The summed E-state index contributed by atoms with van der Waals surface area (Å²) in [6, 6.07) is 20.5. The molecule has 0 radical (unpaired) electrons. The fourth-order valence-electron chi connectivity index (χ4n) is 3.88. The van der Waals surface area contributed by atoms with E-state index in [1.807, 2.05) is 49.4 Å². The molecular weight excluding hydrogens is 463 g/mol.